The summed E-state index contributed by atoms with van der Waals surface area (Å²) in [5.41, 5.74) is 1.67. The molecule has 0 radical (unpaired) electrons. The van der Waals surface area contributed by atoms with E-state index in [4.69, 9.17) is 0 Å². The zero-order chi connectivity index (χ0) is 22.5. The normalized spacial score (nSPS) is 29.5. The number of piperazine rings is 1. The molecule has 0 unspecified atom stereocenters. The lowest BCUT2D eigenvalue weighted by Crippen LogP contribution is -2.53. The molecule has 1 saturated carbocycles. The van der Waals surface area contributed by atoms with Crippen LogP contribution in [0.25, 0.3) is 0 Å². The second-order valence-electron chi connectivity index (χ2n) is 9.88. The number of nitrogens with one attached hydrogen (secondary N) is 1. The lowest BCUT2D eigenvalue weighted by Gasteiger charge is -2.36. The fourth-order valence-corrected chi connectivity index (χ4v) is 7.04. The van der Waals surface area contributed by atoms with Crippen LogP contribution in [0.1, 0.15) is 50.2 Å². The molecule has 1 N–H and O–H groups in total. The maximum absolute atomic E-state index is 13.2. The molecule has 32 heavy (non-hydrogen) atoms. The van der Waals surface area contributed by atoms with Crippen molar-refractivity contribution in [3.05, 3.63) is 29.3 Å². The molecule has 0 atom stereocenters. The van der Waals surface area contributed by atoms with Gasteiger partial charge in [0, 0.05) is 26.2 Å². The van der Waals surface area contributed by atoms with E-state index in [0.29, 0.717) is 49.8 Å². The minimum absolute atomic E-state index is 0.123. The minimum atomic E-state index is -3.54. The molecule has 2 heterocycles. The molecule has 4 aliphatic rings. The lowest BCUT2D eigenvalue weighted by molar-refractivity contribution is -0.134. The van der Waals surface area contributed by atoms with Crippen LogP contribution in [0, 0.1) is 5.92 Å². The highest BCUT2D eigenvalue weighted by Crippen LogP contribution is 2.36. The van der Waals surface area contributed by atoms with Crippen molar-refractivity contribution >= 4 is 22.0 Å². The summed E-state index contributed by atoms with van der Waals surface area (Å²) in [5.74, 6) is 0.461. The molecule has 8 nitrogen and oxygen atoms in total. The molecular formula is C23H32N4O4S. The molecule has 1 aromatic carbocycles. The number of sulfonamides is 1. The van der Waals surface area contributed by atoms with E-state index in [0.717, 1.165) is 37.7 Å². The van der Waals surface area contributed by atoms with Crippen LogP contribution in [0.3, 0.4) is 0 Å². The number of amides is 3. The quantitative estimate of drug-likeness (QED) is 0.694. The van der Waals surface area contributed by atoms with Crippen LogP contribution in [0.4, 0.5) is 4.79 Å². The van der Waals surface area contributed by atoms with E-state index in [1.165, 1.54) is 14.8 Å². The van der Waals surface area contributed by atoms with Gasteiger partial charge >= 0.3 is 6.03 Å². The second kappa shape index (κ2) is 8.11. The summed E-state index contributed by atoms with van der Waals surface area (Å²) in [5, 5.41) is 2.96. The summed E-state index contributed by atoms with van der Waals surface area (Å²) in [6.45, 7) is 4.09. The highest BCUT2D eigenvalue weighted by molar-refractivity contribution is 7.89. The molecule has 2 aliphatic carbocycles. The number of fused-ring (bicyclic) bond motifs is 1. The molecule has 2 aliphatic heterocycles. The van der Waals surface area contributed by atoms with Gasteiger partial charge < -0.3 is 5.32 Å². The maximum Gasteiger partial charge on any atom is 0.326 e. The van der Waals surface area contributed by atoms with Crippen molar-refractivity contribution in [3.8, 4) is 0 Å². The first-order valence-corrected chi connectivity index (χ1v) is 13.2. The van der Waals surface area contributed by atoms with Crippen molar-refractivity contribution in [2.45, 2.75) is 62.3 Å². The number of urea groups is 1. The summed E-state index contributed by atoms with van der Waals surface area (Å²) >= 11 is 0. The second-order valence-corrected chi connectivity index (χ2v) is 11.8. The van der Waals surface area contributed by atoms with Crippen molar-refractivity contribution in [2.24, 2.45) is 5.92 Å². The standard InChI is InChI=1S/C23H32N4O4S/c1-17-7-9-23(10-8-17)21(28)27(22(29)24-23)16-25-11-13-26(14-12-25)32(30,31)20-6-5-18-3-2-4-19(18)15-20/h5-6,15,17H,2-4,7-14,16H2,1H3,(H,24,29). The molecular weight excluding hydrogens is 428 g/mol. The zero-order valence-corrected chi connectivity index (χ0v) is 19.5. The van der Waals surface area contributed by atoms with Crippen LogP contribution in [0.2, 0.25) is 0 Å². The minimum Gasteiger partial charge on any atom is -0.323 e. The van der Waals surface area contributed by atoms with Gasteiger partial charge in [-0.15, -0.1) is 0 Å². The Morgan fingerprint density at radius 3 is 2.44 bits per heavy atom. The van der Waals surface area contributed by atoms with Gasteiger partial charge in [-0.3, -0.25) is 9.69 Å². The average Bonchev–Trinajstić information content (AvgIpc) is 3.34. The Bertz CT molecular complexity index is 1020. The predicted octanol–water partition coefficient (Wildman–Crippen LogP) is 1.94. The van der Waals surface area contributed by atoms with Crippen molar-refractivity contribution in [2.75, 3.05) is 32.8 Å². The van der Waals surface area contributed by atoms with Crippen LogP contribution in [0.15, 0.2) is 23.1 Å². The summed E-state index contributed by atoms with van der Waals surface area (Å²) in [4.78, 5) is 29.3. The molecule has 3 amide bonds. The Labute approximate surface area is 190 Å². The van der Waals surface area contributed by atoms with Gasteiger partial charge in [-0.25, -0.2) is 18.1 Å². The predicted molar refractivity (Wildman–Crippen MR) is 119 cm³/mol. The van der Waals surface area contributed by atoms with E-state index < -0.39 is 15.6 Å². The van der Waals surface area contributed by atoms with Gasteiger partial charge in [-0.1, -0.05) is 13.0 Å². The smallest absolute Gasteiger partial charge is 0.323 e. The van der Waals surface area contributed by atoms with Gasteiger partial charge in [0.1, 0.15) is 5.54 Å². The SMILES string of the molecule is CC1CCC2(CC1)NC(=O)N(CN1CCN(S(=O)(=O)c3ccc4c(c3)CCC4)CC1)C2=O. The zero-order valence-electron chi connectivity index (χ0n) is 18.7. The van der Waals surface area contributed by atoms with Crippen LogP contribution in [-0.2, 0) is 27.7 Å². The molecule has 174 valence electrons. The number of hydrogen-bond acceptors (Lipinski definition) is 5. The molecule has 5 rings (SSSR count). The average molecular weight is 461 g/mol. The number of aryl methyl sites for hydroxylation is 2. The fourth-order valence-electron chi connectivity index (χ4n) is 5.57. The number of benzene rings is 1. The summed E-state index contributed by atoms with van der Waals surface area (Å²) in [6, 6.07) is 5.19. The van der Waals surface area contributed by atoms with Gasteiger partial charge in [0.15, 0.2) is 0 Å². The van der Waals surface area contributed by atoms with E-state index in [1.54, 1.807) is 6.07 Å². The van der Waals surface area contributed by atoms with Gasteiger partial charge in [-0.2, -0.15) is 4.31 Å². The Balaban J connectivity index is 1.21. The van der Waals surface area contributed by atoms with E-state index in [-0.39, 0.29) is 18.6 Å². The van der Waals surface area contributed by atoms with E-state index in [9.17, 15) is 18.0 Å². The first-order valence-electron chi connectivity index (χ1n) is 11.8. The number of carbonyl (C=O) groups excluding carboxylic acids is 2. The lowest BCUT2D eigenvalue weighted by atomic mass is 9.77. The summed E-state index contributed by atoms with van der Waals surface area (Å²) in [6.07, 6.45) is 6.33. The molecule has 1 aromatic rings. The summed E-state index contributed by atoms with van der Waals surface area (Å²) < 4.78 is 27.8. The van der Waals surface area contributed by atoms with Crippen molar-refractivity contribution < 1.29 is 18.0 Å². The number of rotatable bonds is 4. The van der Waals surface area contributed by atoms with Crippen LogP contribution in [0.5, 0.6) is 0 Å². The van der Waals surface area contributed by atoms with E-state index in [2.05, 4.69) is 12.2 Å². The van der Waals surface area contributed by atoms with Gasteiger partial charge in [0.05, 0.1) is 11.6 Å². The van der Waals surface area contributed by atoms with Crippen LogP contribution < -0.4 is 5.32 Å². The van der Waals surface area contributed by atoms with Crippen molar-refractivity contribution in [1.82, 2.24) is 19.4 Å². The number of nitrogens with zero attached hydrogens (tertiary/aromatic N) is 3. The summed E-state index contributed by atoms with van der Waals surface area (Å²) in [7, 11) is -3.54. The molecule has 3 fully saturated rings. The molecule has 1 spiro atoms. The van der Waals surface area contributed by atoms with Crippen molar-refractivity contribution in [1.29, 1.82) is 0 Å². The number of imide groups is 1. The number of hydrogen-bond donors (Lipinski definition) is 1. The van der Waals surface area contributed by atoms with Crippen LogP contribution in [-0.4, -0.2) is 72.8 Å². The van der Waals surface area contributed by atoms with Crippen molar-refractivity contribution in [3.63, 3.8) is 0 Å². The Hall–Kier alpha value is -1.97. The van der Waals surface area contributed by atoms with E-state index >= 15 is 0 Å². The maximum atomic E-state index is 13.2. The molecule has 0 aromatic heterocycles. The Morgan fingerprint density at radius 2 is 1.72 bits per heavy atom. The third-order valence-corrected chi connectivity index (χ3v) is 9.65. The third-order valence-electron chi connectivity index (χ3n) is 7.75. The highest BCUT2D eigenvalue weighted by atomic mass is 32.2. The third kappa shape index (κ3) is 3.74. The van der Waals surface area contributed by atoms with Gasteiger partial charge in [-0.05, 0) is 74.1 Å². The Kier molecular flexibility index (Phi) is 5.54. The van der Waals surface area contributed by atoms with Gasteiger partial charge in [0.25, 0.3) is 5.91 Å². The molecule has 0 bridgehead atoms. The highest BCUT2D eigenvalue weighted by Gasteiger charge is 2.52. The van der Waals surface area contributed by atoms with Gasteiger partial charge in [0.2, 0.25) is 10.0 Å². The first kappa shape index (κ1) is 21.9. The monoisotopic (exact) mass is 460 g/mol. The fraction of sp³-hybridized carbons (Fsp3) is 0.652. The first-order chi connectivity index (χ1) is 15.3. The Morgan fingerprint density at radius 1 is 1.03 bits per heavy atom. The molecule has 9 heteroatoms. The topological polar surface area (TPSA) is 90.0 Å². The number of carbonyl (C=O) groups is 2. The van der Waals surface area contributed by atoms with E-state index in [1.807, 2.05) is 17.0 Å². The van der Waals surface area contributed by atoms with Crippen LogP contribution >= 0.6 is 0 Å². The largest absolute Gasteiger partial charge is 0.326 e. The molecule has 2 saturated heterocycles.